The zero-order chi connectivity index (χ0) is 17.8. The topological polar surface area (TPSA) is 69.4 Å². The highest BCUT2D eigenvalue weighted by Crippen LogP contribution is 2.31. The summed E-state index contributed by atoms with van der Waals surface area (Å²) in [4.78, 5) is 4.30. The van der Waals surface area contributed by atoms with Gasteiger partial charge in [-0.05, 0) is 30.3 Å². The molecule has 2 aromatic carbocycles. The highest BCUT2D eigenvalue weighted by molar-refractivity contribution is 6.30. The van der Waals surface area contributed by atoms with Gasteiger partial charge in [0.05, 0.1) is 32.0 Å². The van der Waals surface area contributed by atoms with Crippen molar-refractivity contribution in [1.29, 1.82) is 0 Å². The molecule has 0 radical (unpaired) electrons. The number of nitrogens with one attached hydrogen (secondary N) is 1. The number of rotatable bonds is 6. The van der Waals surface area contributed by atoms with E-state index in [-0.39, 0.29) is 6.54 Å². The summed E-state index contributed by atoms with van der Waals surface area (Å²) >= 11 is 5.73. The lowest BCUT2D eigenvalue weighted by atomic mass is 10.2. The highest BCUT2D eigenvalue weighted by Gasteiger charge is 2.14. The van der Waals surface area contributed by atoms with E-state index in [9.17, 15) is 4.39 Å². The molecule has 130 valence electrons. The van der Waals surface area contributed by atoms with E-state index >= 15 is 0 Å². The number of aromatic nitrogens is 2. The van der Waals surface area contributed by atoms with Gasteiger partial charge in [-0.1, -0.05) is 16.8 Å². The Labute approximate surface area is 148 Å². The number of anilines is 1. The average molecular weight is 364 g/mol. The summed E-state index contributed by atoms with van der Waals surface area (Å²) in [5, 5.41) is 7.15. The maximum Gasteiger partial charge on any atom is 0.246 e. The largest absolute Gasteiger partial charge is 0.497 e. The van der Waals surface area contributed by atoms with Crippen LogP contribution in [0.2, 0.25) is 5.02 Å². The number of nitrogens with zero attached hydrogens (tertiary/aromatic N) is 2. The molecular formula is C17H15ClFN3O3. The minimum Gasteiger partial charge on any atom is -0.497 e. The van der Waals surface area contributed by atoms with Crippen molar-refractivity contribution in [2.45, 2.75) is 6.54 Å². The number of ether oxygens (including phenoxy) is 2. The number of methoxy groups -OCH3 is 2. The average Bonchev–Trinajstić information content (AvgIpc) is 3.09. The van der Waals surface area contributed by atoms with Gasteiger partial charge in [0, 0.05) is 11.1 Å². The molecule has 0 unspecified atom stereocenters. The Kier molecular flexibility index (Phi) is 5.04. The zero-order valence-electron chi connectivity index (χ0n) is 13.5. The van der Waals surface area contributed by atoms with Gasteiger partial charge in [-0.3, -0.25) is 0 Å². The molecule has 0 aliphatic heterocycles. The Bertz CT molecular complexity index is 885. The van der Waals surface area contributed by atoms with E-state index < -0.39 is 5.82 Å². The second-order valence-electron chi connectivity index (χ2n) is 5.06. The smallest absolute Gasteiger partial charge is 0.246 e. The van der Waals surface area contributed by atoms with Gasteiger partial charge in [-0.25, -0.2) is 4.39 Å². The molecule has 0 bridgehead atoms. The van der Waals surface area contributed by atoms with Crippen LogP contribution in [0.15, 0.2) is 40.9 Å². The molecule has 6 nitrogen and oxygen atoms in total. The van der Waals surface area contributed by atoms with Crippen LogP contribution in [0.25, 0.3) is 11.4 Å². The molecule has 3 aromatic rings. The van der Waals surface area contributed by atoms with Crippen LogP contribution >= 0.6 is 11.6 Å². The summed E-state index contributed by atoms with van der Waals surface area (Å²) in [5.74, 6) is 1.44. The minimum atomic E-state index is -0.455. The standard InChI is InChI=1S/C17H15ClFN3O3/c1-23-11-4-5-12(15(8-11)24-2)17-21-16(25-22-17)9-20-14-6-3-10(18)7-13(14)19/h3-8,20H,9H2,1-2H3. The molecule has 1 aromatic heterocycles. The van der Waals surface area contributed by atoms with Gasteiger partial charge in [0.15, 0.2) is 0 Å². The SMILES string of the molecule is COc1ccc(-c2noc(CNc3ccc(Cl)cc3F)n2)c(OC)c1. The van der Waals surface area contributed by atoms with Gasteiger partial charge in [0.2, 0.25) is 11.7 Å². The lowest BCUT2D eigenvalue weighted by Crippen LogP contribution is -2.01. The maximum atomic E-state index is 13.8. The first-order valence-corrected chi connectivity index (χ1v) is 7.72. The summed E-state index contributed by atoms with van der Waals surface area (Å²) in [6.45, 7) is 0.171. The van der Waals surface area contributed by atoms with E-state index in [0.717, 1.165) is 0 Å². The van der Waals surface area contributed by atoms with Gasteiger partial charge >= 0.3 is 0 Å². The van der Waals surface area contributed by atoms with Crippen LogP contribution in [0.5, 0.6) is 11.5 Å². The van der Waals surface area contributed by atoms with Gasteiger partial charge in [-0.2, -0.15) is 4.98 Å². The summed E-state index contributed by atoms with van der Waals surface area (Å²) in [6.07, 6.45) is 0. The molecule has 0 saturated carbocycles. The van der Waals surface area contributed by atoms with Crippen LogP contribution in [-0.2, 0) is 6.54 Å². The van der Waals surface area contributed by atoms with Gasteiger partial charge in [-0.15, -0.1) is 0 Å². The minimum absolute atomic E-state index is 0.171. The van der Waals surface area contributed by atoms with Crippen molar-refractivity contribution in [1.82, 2.24) is 10.1 Å². The van der Waals surface area contributed by atoms with Crippen molar-refractivity contribution in [2.24, 2.45) is 0 Å². The molecule has 0 saturated heterocycles. The zero-order valence-corrected chi connectivity index (χ0v) is 14.3. The lowest BCUT2D eigenvalue weighted by Gasteiger charge is -2.07. The summed E-state index contributed by atoms with van der Waals surface area (Å²) in [6, 6.07) is 9.64. The molecule has 0 aliphatic rings. The summed E-state index contributed by atoms with van der Waals surface area (Å²) in [5.41, 5.74) is 0.960. The van der Waals surface area contributed by atoms with Crippen LogP contribution in [0.3, 0.4) is 0 Å². The van der Waals surface area contributed by atoms with Crippen LogP contribution in [0.4, 0.5) is 10.1 Å². The molecule has 0 aliphatic carbocycles. The van der Waals surface area contributed by atoms with Crippen molar-refractivity contribution in [3.63, 3.8) is 0 Å². The normalized spacial score (nSPS) is 10.6. The molecule has 25 heavy (non-hydrogen) atoms. The fourth-order valence-corrected chi connectivity index (χ4v) is 2.38. The number of hydrogen-bond acceptors (Lipinski definition) is 6. The quantitative estimate of drug-likeness (QED) is 0.709. The molecular weight excluding hydrogens is 349 g/mol. The van der Waals surface area contributed by atoms with Gasteiger partial charge in [0.25, 0.3) is 0 Å². The monoisotopic (exact) mass is 363 g/mol. The van der Waals surface area contributed by atoms with E-state index in [1.54, 1.807) is 44.6 Å². The second kappa shape index (κ2) is 7.40. The molecule has 0 fully saturated rings. The maximum absolute atomic E-state index is 13.8. The first-order valence-electron chi connectivity index (χ1n) is 7.34. The molecule has 1 N–H and O–H groups in total. The fraction of sp³-hybridized carbons (Fsp3) is 0.176. The Morgan fingerprint density at radius 2 is 2.00 bits per heavy atom. The van der Waals surface area contributed by atoms with Crippen molar-refractivity contribution in [2.75, 3.05) is 19.5 Å². The Hall–Kier alpha value is -2.80. The van der Waals surface area contributed by atoms with Crippen molar-refractivity contribution >= 4 is 17.3 Å². The Morgan fingerprint density at radius 3 is 2.72 bits per heavy atom. The predicted octanol–water partition coefficient (Wildman–Crippen LogP) is 4.16. The first kappa shape index (κ1) is 17.0. The Morgan fingerprint density at radius 1 is 1.16 bits per heavy atom. The van der Waals surface area contributed by atoms with Crippen molar-refractivity contribution < 1.29 is 18.4 Å². The van der Waals surface area contributed by atoms with E-state index in [2.05, 4.69) is 15.5 Å². The number of halogens is 2. The molecule has 8 heteroatoms. The van der Waals surface area contributed by atoms with Gasteiger partial charge < -0.3 is 19.3 Å². The summed E-state index contributed by atoms with van der Waals surface area (Å²) < 4.78 is 29.4. The molecule has 0 atom stereocenters. The number of benzene rings is 2. The second-order valence-corrected chi connectivity index (χ2v) is 5.49. The van der Waals surface area contributed by atoms with E-state index in [4.69, 9.17) is 25.6 Å². The van der Waals surface area contributed by atoms with Crippen molar-refractivity contribution in [3.8, 4) is 22.9 Å². The van der Waals surface area contributed by atoms with Crippen LogP contribution in [0, 0.1) is 5.82 Å². The Balaban J connectivity index is 1.76. The molecule has 0 amide bonds. The third-order valence-electron chi connectivity index (χ3n) is 3.48. The predicted molar refractivity (Wildman–Crippen MR) is 91.6 cm³/mol. The lowest BCUT2D eigenvalue weighted by molar-refractivity contribution is 0.382. The van der Waals surface area contributed by atoms with Gasteiger partial charge in [0.1, 0.15) is 17.3 Å². The van der Waals surface area contributed by atoms with Crippen LogP contribution in [-0.4, -0.2) is 24.4 Å². The molecule has 0 spiro atoms. The number of hydrogen-bond donors (Lipinski definition) is 1. The van der Waals surface area contributed by atoms with Crippen molar-refractivity contribution in [3.05, 3.63) is 53.1 Å². The fourth-order valence-electron chi connectivity index (χ4n) is 2.22. The van der Waals surface area contributed by atoms with E-state index in [0.29, 0.717) is 39.5 Å². The van der Waals surface area contributed by atoms with E-state index in [1.165, 1.54) is 6.07 Å². The summed E-state index contributed by atoms with van der Waals surface area (Å²) in [7, 11) is 3.12. The molecule has 1 heterocycles. The third-order valence-corrected chi connectivity index (χ3v) is 3.71. The highest BCUT2D eigenvalue weighted by atomic mass is 35.5. The van der Waals surface area contributed by atoms with Crippen LogP contribution < -0.4 is 14.8 Å². The van der Waals surface area contributed by atoms with E-state index in [1.807, 2.05) is 0 Å². The first-order chi connectivity index (χ1) is 12.1. The molecule has 3 rings (SSSR count). The van der Waals surface area contributed by atoms with Crippen LogP contribution in [0.1, 0.15) is 5.89 Å². The third kappa shape index (κ3) is 3.83.